The van der Waals surface area contributed by atoms with Crippen LogP contribution in [-0.2, 0) is 17.5 Å². The largest absolute Gasteiger partial charge is 0.497 e. The molecule has 2 N–H and O–H groups in total. The lowest BCUT2D eigenvalue weighted by molar-refractivity contribution is -0.137. The lowest BCUT2D eigenvalue weighted by atomic mass is 10.2. The fourth-order valence-electron chi connectivity index (χ4n) is 3.57. The fraction of sp³-hybridized carbons (Fsp3) is 0.185. The third-order valence-corrected chi connectivity index (χ3v) is 6.55. The van der Waals surface area contributed by atoms with Crippen molar-refractivity contribution in [3.05, 3.63) is 89.7 Å². The van der Waals surface area contributed by atoms with Crippen molar-refractivity contribution in [1.29, 1.82) is 0 Å². The van der Waals surface area contributed by atoms with Gasteiger partial charge < -0.3 is 20.1 Å². The number of aromatic nitrogens is 3. The van der Waals surface area contributed by atoms with Gasteiger partial charge in [-0.3, -0.25) is 14.2 Å². The van der Waals surface area contributed by atoms with Crippen LogP contribution in [0.15, 0.2) is 78.0 Å². The Hall–Kier alpha value is -4.52. The number of benzene rings is 3. The Kier molecular flexibility index (Phi) is 8.94. The maximum Gasteiger partial charge on any atom is 0.416 e. The minimum absolute atomic E-state index is 0.0526. The lowest BCUT2D eigenvalue weighted by Crippen LogP contribution is -2.24. The van der Waals surface area contributed by atoms with Crippen LogP contribution >= 0.6 is 11.8 Å². The second-order valence-electron chi connectivity index (χ2n) is 8.26. The zero-order valence-corrected chi connectivity index (χ0v) is 22.2. The molecule has 0 spiro atoms. The third-order valence-electron chi connectivity index (χ3n) is 5.62. The number of methoxy groups -OCH3 is 2. The van der Waals surface area contributed by atoms with Crippen LogP contribution in [0, 0.1) is 0 Å². The van der Waals surface area contributed by atoms with Crippen LogP contribution in [0.4, 0.5) is 18.9 Å². The van der Waals surface area contributed by atoms with E-state index >= 15 is 0 Å². The molecule has 0 saturated carbocycles. The lowest BCUT2D eigenvalue weighted by Gasteiger charge is -2.13. The van der Waals surface area contributed by atoms with E-state index in [0.29, 0.717) is 28.4 Å². The summed E-state index contributed by atoms with van der Waals surface area (Å²) < 4.78 is 51.1. The molecule has 0 aliphatic heterocycles. The van der Waals surface area contributed by atoms with Gasteiger partial charge in [0, 0.05) is 16.9 Å². The van der Waals surface area contributed by atoms with Gasteiger partial charge in [0.25, 0.3) is 5.91 Å². The van der Waals surface area contributed by atoms with Gasteiger partial charge in [0.1, 0.15) is 11.5 Å². The Bertz CT molecular complexity index is 1460. The van der Waals surface area contributed by atoms with Crippen molar-refractivity contribution in [2.75, 3.05) is 25.3 Å². The van der Waals surface area contributed by atoms with Gasteiger partial charge in [-0.25, -0.2) is 0 Å². The molecule has 4 rings (SSSR count). The van der Waals surface area contributed by atoms with Gasteiger partial charge in [0.15, 0.2) is 11.0 Å². The number of halogens is 3. The SMILES string of the molecule is COc1ccc(NC(=O)CSc2nnc(CNC(=O)c3ccc(OC)cc3)n2-c2ccc(C(F)(F)F)cc2)cc1. The van der Waals surface area contributed by atoms with Crippen molar-refractivity contribution >= 4 is 29.3 Å². The highest BCUT2D eigenvalue weighted by Crippen LogP contribution is 2.31. The molecule has 0 aliphatic carbocycles. The molecule has 4 aromatic rings. The van der Waals surface area contributed by atoms with Crippen molar-refractivity contribution < 1.29 is 32.2 Å². The summed E-state index contributed by atoms with van der Waals surface area (Å²) in [4.78, 5) is 25.2. The van der Waals surface area contributed by atoms with Crippen LogP contribution < -0.4 is 20.1 Å². The molecule has 1 aromatic heterocycles. The van der Waals surface area contributed by atoms with Crippen molar-refractivity contribution in [1.82, 2.24) is 20.1 Å². The molecule has 40 heavy (non-hydrogen) atoms. The molecule has 13 heteroatoms. The van der Waals surface area contributed by atoms with Gasteiger partial charge in [-0.05, 0) is 72.8 Å². The summed E-state index contributed by atoms with van der Waals surface area (Å²) in [7, 11) is 3.05. The van der Waals surface area contributed by atoms with Crippen molar-refractivity contribution in [2.45, 2.75) is 17.9 Å². The third kappa shape index (κ3) is 7.11. The van der Waals surface area contributed by atoms with E-state index in [4.69, 9.17) is 9.47 Å². The highest BCUT2D eigenvalue weighted by molar-refractivity contribution is 7.99. The van der Waals surface area contributed by atoms with Gasteiger partial charge in [-0.15, -0.1) is 10.2 Å². The average Bonchev–Trinajstić information content (AvgIpc) is 3.37. The number of carbonyl (C=O) groups is 2. The molecule has 3 aromatic carbocycles. The van der Waals surface area contributed by atoms with Crippen LogP contribution in [0.2, 0.25) is 0 Å². The second-order valence-corrected chi connectivity index (χ2v) is 9.20. The minimum Gasteiger partial charge on any atom is -0.497 e. The molecule has 2 amide bonds. The fourth-order valence-corrected chi connectivity index (χ4v) is 4.34. The smallest absolute Gasteiger partial charge is 0.416 e. The van der Waals surface area contributed by atoms with E-state index in [1.807, 2.05) is 0 Å². The standard InChI is InChI=1S/C27H24F3N5O4S/c1-38-21-11-3-17(4-12-21)25(37)31-15-23-33-34-26(35(23)20-9-5-18(6-10-20)27(28,29)30)40-16-24(36)32-19-7-13-22(39-2)14-8-19/h3-14H,15-16H2,1-2H3,(H,31,37)(H,32,36). The number of anilines is 1. The first-order chi connectivity index (χ1) is 19.2. The van der Waals surface area contributed by atoms with Gasteiger partial charge in [-0.2, -0.15) is 13.2 Å². The topological polar surface area (TPSA) is 107 Å². The number of rotatable bonds is 10. The Morgan fingerprint density at radius 2 is 1.48 bits per heavy atom. The number of nitrogens with one attached hydrogen (secondary N) is 2. The summed E-state index contributed by atoms with van der Waals surface area (Å²) in [5, 5.41) is 14.0. The van der Waals surface area contributed by atoms with E-state index in [0.717, 1.165) is 23.9 Å². The van der Waals surface area contributed by atoms with Crippen LogP contribution in [0.5, 0.6) is 11.5 Å². The van der Waals surface area contributed by atoms with Gasteiger partial charge in [-0.1, -0.05) is 11.8 Å². The summed E-state index contributed by atoms with van der Waals surface area (Å²) in [6.45, 7) is -0.0719. The quantitative estimate of drug-likeness (QED) is 0.259. The van der Waals surface area contributed by atoms with Gasteiger partial charge in [0.2, 0.25) is 5.91 Å². The van der Waals surface area contributed by atoms with Crippen molar-refractivity contribution in [3.8, 4) is 17.2 Å². The summed E-state index contributed by atoms with van der Waals surface area (Å²) in [6, 6.07) is 17.7. The van der Waals surface area contributed by atoms with E-state index in [1.165, 1.54) is 30.9 Å². The maximum atomic E-state index is 13.1. The Morgan fingerprint density at radius 3 is 2.05 bits per heavy atom. The summed E-state index contributed by atoms with van der Waals surface area (Å²) in [5.41, 5.74) is 0.472. The first kappa shape index (κ1) is 28.5. The predicted molar refractivity (Wildman–Crippen MR) is 143 cm³/mol. The van der Waals surface area contributed by atoms with E-state index in [1.54, 1.807) is 48.5 Å². The number of thioether (sulfide) groups is 1. The number of ether oxygens (including phenoxy) is 2. The summed E-state index contributed by atoms with van der Waals surface area (Å²) in [5.74, 6) is 0.729. The molecule has 0 atom stereocenters. The molecule has 0 saturated heterocycles. The Balaban J connectivity index is 1.52. The van der Waals surface area contributed by atoms with E-state index in [-0.39, 0.29) is 29.2 Å². The van der Waals surface area contributed by atoms with Crippen LogP contribution in [0.1, 0.15) is 21.7 Å². The summed E-state index contributed by atoms with van der Waals surface area (Å²) in [6.07, 6.45) is -4.50. The molecule has 0 bridgehead atoms. The van der Waals surface area contributed by atoms with Crippen molar-refractivity contribution in [2.24, 2.45) is 0 Å². The Morgan fingerprint density at radius 1 is 0.875 bits per heavy atom. The van der Waals surface area contributed by atoms with E-state index in [9.17, 15) is 22.8 Å². The second kappa shape index (κ2) is 12.6. The first-order valence-electron chi connectivity index (χ1n) is 11.8. The van der Waals surface area contributed by atoms with Gasteiger partial charge in [0.05, 0.1) is 32.1 Å². The molecular formula is C27H24F3N5O4S. The first-order valence-corrected chi connectivity index (χ1v) is 12.8. The number of alkyl halides is 3. The molecule has 0 radical (unpaired) electrons. The van der Waals surface area contributed by atoms with E-state index < -0.39 is 17.6 Å². The zero-order chi connectivity index (χ0) is 28.7. The Labute approximate surface area is 231 Å². The van der Waals surface area contributed by atoms with Crippen LogP contribution in [0.3, 0.4) is 0 Å². The predicted octanol–water partition coefficient (Wildman–Crippen LogP) is 4.96. The minimum atomic E-state index is -4.50. The monoisotopic (exact) mass is 571 g/mol. The highest BCUT2D eigenvalue weighted by atomic mass is 32.2. The number of amides is 2. The average molecular weight is 572 g/mol. The van der Waals surface area contributed by atoms with Crippen molar-refractivity contribution in [3.63, 3.8) is 0 Å². The number of nitrogens with zero attached hydrogens (tertiary/aromatic N) is 3. The molecule has 9 nitrogen and oxygen atoms in total. The van der Waals surface area contributed by atoms with Gasteiger partial charge >= 0.3 is 6.18 Å². The molecule has 0 fully saturated rings. The van der Waals surface area contributed by atoms with Crippen LogP contribution in [-0.4, -0.2) is 46.6 Å². The molecule has 208 valence electrons. The molecular weight excluding hydrogens is 547 g/mol. The van der Waals surface area contributed by atoms with Crippen LogP contribution in [0.25, 0.3) is 5.69 Å². The number of carbonyl (C=O) groups excluding carboxylic acids is 2. The number of hydrogen-bond donors (Lipinski definition) is 2. The molecule has 0 unspecified atom stereocenters. The van der Waals surface area contributed by atoms with E-state index in [2.05, 4.69) is 20.8 Å². The summed E-state index contributed by atoms with van der Waals surface area (Å²) >= 11 is 1.05. The molecule has 1 heterocycles. The number of hydrogen-bond acceptors (Lipinski definition) is 7. The maximum absolute atomic E-state index is 13.1. The highest BCUT2D eigenvalue weighted by Gasteiger charge is 2.30. The molecule has 0 aliphatic rings. The zero-order valence-electron chi connectivity index (χ0n) is 21.4. The normalized spacial score (nSPS) is 11.1.